The van der Waals surface area contributed by atoms with Crippen molar-refractivity contribution in [2.24, 2.45) is 5.73 Å². The first-order valence-electron chi connectivity index (χ1n) is 5.93. The molecule has 98 valence electrons. The molecule has 1 aliphatic rings. The van der Waals surface area contributed by atoms with E-state index >= 15 is 0 Å². The number of hydrogen-bond acceptors (Lipinski definition) is 4. The summed E-state index contributed by atoms with van der Waals surface area (Å²) in [4.78, 5) is 26.0. The molecule has 1 unspecified atom stereocenters. The summed E-state index contributed by atoms with van der Waals surface area (Å²) in [7, 11) is 0. The monoisotopic (exact) mass is 267 g/mol. The molecule has 2 amide bonds. The van der Waals surface area contributed by atoms with E-state index in [1.54, 1.807) is 18.3 Å². The Balaban J connectivity index is 1.86. The van der Waals surface area contributed by atoms with Crippen LogP contribution in [0.15, 0.2) is 11.4 Å². The van der Waals surface area contributed by atoms with Crippen molar-refractivity contribution in [3.05, 3.63) is 21.9 Å². The minimum atomic E-state index is -0.476. The largest absolute Gasteiger partial charge is 0.368 e. The highest BCUT2D eigenvalue weighted by Crippen LogP contribution is 2.23. The molecule has 3 N–H and O–H groups in total. The van der Waals surface area contributed by atoms with E-state index in [0.717, 1.165) is 13.0 Å². The predicted octanol–water partition coefficient (Wildman–Crippen LogP) is 0.0962. The molecule has 0 saturated carbocycles. The maximum absolute atomic E-state index is 12.0. The van der Waals surface area contributed by atoms with Gasteiger partial charge in [0.2, 0.25) is 11.8 Å². The van der Waals surface area contributed by atoms with Crippen LogP contribution < -0.4 is 11.1 Å². The summed E-state index contributed by atoms with van der Waals surface area (Å²) < 4.78 is 0. The molecule has 1 aromatic rings. The molecule has 0 saturated heterocycles. The van der Waals surface area contributed by atoms with Gasteiger partial charge in [-0.25, -0.2) is 0 Å². The predicted molar refractivity (Wildman–Crippen MR) is 70.1 cm³/mol. The highest BCUT2D eigenvalue weighted by Gasteiger charge is 2.21. The van der Waals surface area contributed by atoms with Crippen LogP contribution in [0.5, 0.6) is 0 Å². The van der Waals surface area contributed by atoms with Crippen LogP contribution in [0.1, 0.15) is 17.4 Å². The molecule has 0 radical (unpaired) electrons. The summed E-state index contributed by atoms with van der Waals surface area (Å²) in [6.45, 7) is 3.23. The highest BCUT2D eigenvalue weighted by molar-refractivity contribution is 7.10. The van der Waals surface area contributed by atoms with E-state index in [1.165, 1.54) is 10.4 Å². The summed E-state index contributed by atoms with van der Waals surface area (Å²) in [6, 6.07) is 1.59. The van der Waals surface area contributed by atoms with Crippen molar-refractivity contribution in [1.29, 1.82) is 0 Å². The molecule has 1 aliphatic heterocycles. The minimum Gasteiger partial charge on any atom is -0.368 e. The second-order valence-corrected chi connectivity index (χ2v) is 5.44. The summed E-state index contributed by atoms with van der Waals surface area (Å²) in [5, 5.41) is 4.90. The number of fused-ring (bicyclic) bond motifs is 1. The minimum absolute atomic E-state index is 0.0138. The van der Waals surface area contributed by atoms with Gasteiger partial charge in [0.05, 0.1) is 12.6 Å². The van der Waals surface area contributed by atoms with Crippen LogP contribution in [0.3, 0.4) is 0 Å². The number of primary amides is 1. The maximum atomic E-state index is 12.0. The Morgan fingerprint density at radius 3 is 3.11 bits per heavy atom. The molecule has 0 aromatic carbocycles. The molecule has 0 aliphatic carbocycles. The van der Waals surface area contributed by atoms with E-state index in [9.17, 15) is 9.59 Å². The van der Waals surface area contributed by atoms with Crippen LogP contribution in [-0.4, -0.2) is 35.8 Å². The van der Waals surface area contributed by atoms with Crippen molar-refractivity contribution in [3.63, 3.8) is 0 Å². The van der Waals surface area contributed by atoms with Gasteiger partial charge in [0, 0.05) is 18.0 Å². The van der Waals surface area contributed by atoms with Crippen LogP contribution in [-0.2, 0) is 22.6 Å². The van der Waals surface area contributed by atoms with E-state index in [2.05, 4.69) is 16.8 Å². The van der Waals surface area contributed by atoms with Gasteiger partial charge in [0.15, 0.2) is 0 Å². The number of hydrogen-bond donors (Lipinski definition) is 2. The second kappa shape index (κ2) is 5.49. The Morgan fingerprint density at radius 2 is 2.39 bits per heavy atom. The third-order valence-electron chi connectivity index (χ3n) is 3.15. The molecule has 18 heavy (non-hydrogen) atoms. The molecule has 2 heterocycles. The number of amides is 2. The number of carbonyl (C=O) groups is 2. The maximum Gasteiger partial charge on any atom is 0.236 e. The van der Waals surface area contributed by atoms with Crippen LogP contribution in [0.2, 0.25) is 0 Å². The van der Waals surface area contributed by atoms with Gasteiger partial charge in [-0.1, -0.05) is 0 Å². The Morgan fingerprint density at radius 1 is 1.61 bits per heavy atom. The molecular weight excluding hydrogens is 250 g/mol. The number of nitrogens with zero attached hydrogens (tertiary/aromatic N) is 1. The molecule has 1 atom stereocenters. The lowest BCUT2D eigenvalue weighted by Crippen LogP contribution is -2.46. The Kier molecular flexibility index (Phi) is 3.98. The Hall–Kier alpha value is -1.40. The lowest BCUT2D eigenvalue weighted by atomic mass is 10.1. The van der Waals surface area contributed by atoms with E-state index in [0.29, 0.717) is 6.54 Å². The molecule has 5 nitrogen and oxygen atoms in total. The molecular formula is C12H17N3O2S. The molecule has 6 heteroatoms. The number of carbonyl (C=O) groups excluding carboxylic acids is 2. The Labute approximate surface area is 110 Å². The average molecular weight is 267 g/mol. The topological polar surface area (TPSA) is 75.4 Å². The molecule has 0 fully saturated rings. The first-order valence-corrected chi connectivity index (χ1v) is 6.81. The Bertz CT molecular complexity index is 458. The number of nitrogens with two attached hydrogens (primary N) is 1. The zero-order valence-corrected chi connectivity index (χ0v) is 11.1. The van der Waals surface area contributed by atoms with Crippen LogP contribution in [0.25, 0.3) is 0 Å². The zero-order valence-electron chi connectivity index (χ0n) is 10.3. The van der Waals surface area contributed by atoms with Crippen molar-refractivity contribution in [3.8, 4) is 0 Å². The molecule has 1 aromatic heterocycles. The standard InChI is InChI=1S/C12H17N3O2S/c1-8(12(13)17)14-6-11(16)15-4-2-10-9(7-15)3-5-18-10/h3,5,8,14H,2,4,6-7H2,1H3,(H2,13,17). The van der Waals surface area contributed by atoms with Gasteiger partial charge in [-0.3, -0.25) is 14.9 Å². The molecule has 2 rings (SSSR count). The van der Waals surface area contributed by atoms with Gasteiger partial charge in [-0.05, 0) is 30.4 Å². The fraction of sp³-hybridized carbons (Fsp3) is 0.500. The SMILES string of the molecule is CC(NCC(=O)N1CCc2sccc2C1)C(N)=O. The van der Waals surface area contributed by atoms with Gasteiger partial charge in [0.25, 0.3) is 0 Å². The van der Waals surface area contributed by atoms with Gasteiger partial charge >= 0.3 is 0 Å². The highest BCUT2D eigenvalue weighted by atomic mass is 32.1. The van der Waals surface area contributed by atoms with E-state index < -0.39 is 11.9 Å². The van der Waals surface area contributed by atoms with Gasteiger partial charge in [-0.2, -0.15) is 0 Å². The van der Waals surface area contributed by atoms with E-state index in [1.807, 2.05) is 4.90 Å². The first kappa shape index (κ1) is 13.0. The third kappa shape index (κ3) is 2.88. The third-order valence-corrected chi connectivity index (χ3v) is 4.17. The smallest absolute Gasteiger partial charge is 0.236 e. The normalized spacial score (nSPS) is 16.2. The van der Waals surface area contributed by atoms with Crippen molar-refractivity contribution in [2.45, 2.75) is 25.9 Å². The van der Waals surface area contributed by atoms with Crippen LogP contribution >= 0.6 is 11.3 Å². The van der Waals surface area contributed by atoms with Crippen LogP contribution in [0, 0.1) is 0 Å². The summed E-state index contributed by atoms with van der Waals surface area (Å²) >= 11 is 1.75. The fourth-order valence-corrected chi connectivity index (χ4v) is 2.80. The van der Waals surface area contributed by atoms with E-state index in [-0.39, 0.29) is 12.5 Å². The summed E-state index contributed by atoms with van der Waals surface area (Å²) in [5.74, 6) is -0.429. The summed E-state index contributed by atoms with van der Waals surface area (Å²) in [6.07, 6.45) is 0.921. The van der Waals surface area contributed by atoms with Crippen molar-refractivity contribution in [2.75, 3.05) is 13.1 Å². The van der Waals surface area contributed by atoms with Gasteiger partial charge in [0.1, 0.15) is 0 Å². The quantitative estimate of drug-likeness (QED) is 0.812. The van der Waals surface area contributed by atoms with Crippen LogP contribution in [0.4, 0.5) is 0 Å². The van der Waals surface area contributed by atoms with Crippen molar-refractivity contribution >= 4 is 23.2 Å². The van der Waals surface area contributed by atoms with Gasteiger partial charge in [-0.15, -0.1) is 11.3 Å². The van der Waals surface area contributed by atoms with Crippen molar-refractivity contribution in [1.82, 2.24) is 10.2 Å². The average Bonchev–Trinajstić information content (AvgIpc) is 2.82. The number of rotatable bonds is 4. The molecule has 0 spiro atoms. The van der Waals surface area contributed by atoms with E-state index in [4.69, 9.17) is 5.73 Å². The number of nitrogens with one attached hydrogen (secondary N) is 1. The second-order valence-electron chi connectivity index (χ2n) is 4.44. The lowest BCUT2D eigenvalue weighted by molar-refractivity contribution is -0.131. The zero-order chi connectivity index (χ0) is 13.1. The fourth-order valence-electron chi connectivity index (χ4n) is 1.91. The molecule has 0 bridgehead atoms. The van der Waals surface area contributed by atoms with Crippen molar-refractivity contribution < 1.29 is 9.59 Å². The van der Waals surface area contributed by atoms with Gasteiger partial charge < -0.3 is 10.6 Å². The summed E-state index contributed by atoms with van der Waals surface area (Å²) in [5.41, 5.74) is 6.36. The number of thiophene rings is 1. The first-order chi connectivity index (χ1) is 8.58. The lowest BCUT2D eigenvalue weighted by Gasteiger charge is -2.27.